The minimum atomic E-state index is -0.400. The molecule has 7 nitrogen and oxygen atoms in total. The van der Waals surface area contributed by atoms with Crippen LogP contribution in [0.5, 0.6) is 5.88 Å². The maximum Gasteiger partial charge on any atom is 0.338 e. The summed E-state index contributed by atoms with van der Waals surface area (Å²) in [6, 6.07) is 9.75. The fraction of sp³-hybridized carbons (Fsp3) is 0.263. The molecule has 3 heterocycles. The van der Waals surface area contributed by atoms with Crippen molar-refractivity contribution in [1.29, 1.82) is 0 Å². The fourth-order valence-electron chi connectivity index (χ4n) is 3.30. The number of nitrogens with zero attached hydrogens (tertiary/aromatic N) is 4. The van der Waals surface area contributed by atoms with E-state index in [0.29, 0.717) is 34.2 Å². The molecule has 0 spiro atoms. The molecule has 0 saturated carbocycles. The van der Waals surface area contributed by atoms with Crippen LogP contribution in [-0.4, -0.2) is 32.2 Å². The number of hydrogen-bond donors (Lipinski definition) is 0. The molecule has 0 aliphatic carbocycles. The molecule has 3 aromatic rings. The van der Waals surface area contributed by atoms with E-state index in [1.165, 1.54) is 0 Å². The second-order valence-corrected chi connectivity index (χ2v) is 6.03. The van der Waals surface area contributed by atoms with Gasteiger partial charge in [0.25, 0.3) is 0 Å². The van der Waals surface area contributed by atoms with Crippen molar-refractivity contribution in [3.63, 3.8) is 0 Å². The summed E-state index contributed by atoms with van der Waals surface area (Å²) in [5.74, 6) is 0.750. The molecular formula is C19H18N4O3. The van der Waals surface area contributed by atoms with Gasteiger partial charge in [-0.25, -0.2) is 19.3 Å². The van der Waals surface area contributed by atoms with Crippen molar-refractivity contribution >= 4 is 11.6 Å². The van der Waals surface area contributed by atoms with Gasteiger partial charge in [-0.3, -0.25) is 0 Å². The average Bonchev–Trinajstić information content (AvgIpc) is 3.01. The van der Waals surface area contributed by atoms with E-state index in [9.17, 15) is 4.79 Å². The van der Waals surface area contributed by atoms with Crippen LogP contribution >= 0.6 is 0 Å². The average molecular weight is 350 g/mol. The van der Waals surface area contributed by atoms with Crippen LogP contribution in [0.25, 0.3) is 5.65 Å². The summed E-state index contributed by atoms with van der Waals surface area (Å²) in [7, 11) is 0. The minimum absolute atomic E-state index is 0.288. The van der Waals surface area contributed by atoms with Gasteiger partial charge in [-0.2, -0.15) is 5.10 Å². The zero-order valence-electron chi connectivity index (χ0n) is 14.8. The van der Waals surface area contributed by atoms with Crippen LogP contribution in [-0.2, 0) is 9.53 Å². The number of carbonyl (C=O) groups excluding carboxylic acids is 1. The third-order valence-corrected chi connectivity index (χ3v) is 4.33. The normalized spacial score (nSPS) is 16.3. The number of aryl methyl sites for hydroxylation is 1. The summed E-state index contributed by atoms with van der Waals surface area (Å²) in [4.78, 5) is 21.6. The number of benzene rings is 1. The quantitative estimate of drug-likeness (QED) is 0.676. The third kappa shape index (κ3) is 2.52. The van der Waals surface area contributed by atoms with Crippen molar-refractivity contribution in [1.82, 2.24) is 19.6 Å². The first-order valence-corrected chi connectivity index (χ1v) is 8.42. The second-order valence-electron chi connectivity index (χ2n) is 6.03. The number of hydrogen-bond acceptors (Lipinski definition) is 6. The summed E-state index contributed by atoms with van der Waals surface area (Å²) in [6.07, 6.45) is 1.57. The predicted molar refractivity (Wildman–Crippen MR) is 93.8 cm³/mol. The maximum atomic E-state index is 12.7. The molecule has 0 fully saturated rings. The lowest BCUT2D eigenvalue weighted by Crippen LogP contribution is -2.24. The van der Waals surface area contributed by atoms with Crippen molar-refractivity contribution in [2.24, 2.45) is 0 Å². The molecule has 7 heteroatoms. The van der Waals surface area contributed by atoms with E-state index in [0.717, 1.165) is 5.56 Å². The molecule has 26 heavy (non-hydrogen) atoms. The Kier molecular flexibility index (Phi) is 3.91. The van der Waals surface area contributed by atoms with Crippen molar-refractivity contribution in [2.75, 3.05) is 6.61 Å². The molecule has 0 unspecified atom stereocenters. The van der Waals surface area contributed by atoms with Gasteiger partial charge in [0, 0.05) is 0 Å². The van der Waals surface area contributed by atoms with Crippen LogP contribution in [0.3, 0.4) is 0 Å². The lowest BCUT2D eigenvalue weighted by Gasteiger charge is -2.28. The van der Waals surface area contributed by atoms with Gasteiger partial charge < -0.3 is 9.47 Å². The molecule has 4 rings (SSSR count). The highest BCUT2D eigenvalue weighted by Gasteiger charge is 2.37. The summed E-state index contributed by atoms with van der Waals surface area (Å²) in [6.45, 7) is 5.64. The van der Waals surface area contributed by atoms with Crippen molar-refractivity contribution in [3.8, 4) is 5.88 Å². The van der Waals surface area contributed by atoms with E-state index in [1.54, 1.807) is 24.7 Å². The first-order valence-electron chi connectivity index (χ1n) is 8.42. The van der Waals surface area contributed by atoms with Gasteiger partial charge >= 0.3 is 5.97 Å². The van der Waals surface area contributed by atoms with Crippen molar-refractivity contribution in [3.05, 3.63) is 64.9 Å². The van der Waals surface area contributed by atoms with Crippen LogP contribution in [0.4, 0.5) is 0 Å². The van der Waals surface area contributed by atoms with Crippen LogP contribution in [0.2, 0.25) is 0 Å². The molecule has 2 aromatic heterocycles. The van der Waals surface area contributed by atoms with E-state index in [-0.39, 0.29) is 6.61 Å². The van der Waals surface area contributed by atoms with Gasteiger partial charge in [-0.15, -0.1) is 0 Å². The van der Waals surface area contributed by atoms with E-state index < -0.39 is 11.9 Å². The Bertz CT molecular complexity index is 1020. The molecule has 0 bridgehead atoms. The van der Waals surface area contributed by atoms with Gasteiger partial charge in [0.1, 0.15) is 17.9 Å². The van der Waals surface area contributed by atoms with Gasteiger partial charge in [-0.1, -0.05) is 30.3 Å². The first-order chi connectivity index (χ1) is 12.6. The van der Waals surface area contributed by atoms with Gasteiger partial charge in [-0.05, 0) is 26.3 Å². The molecule has 0 amide bonds. The summed E-state index contributed by atoms with van der Waals surface area (Å²) < 4.78 is 12.8. The van der Waals surface area contributed by atoms with Crippen LogP contribution in [0.15, 0.2) is 48.0 Å². The molecule has 0 N–H and O–H groups in total. The van der Waals surface area contributed by atoms with E-state index in [2.05, 4.69) is 15.1 Å². The number of rotatable bonds is 3. The predicted octanol–water partition coefficient (Wildman–Crippen LogP) is 2.79. The van der Waals surface area contributed by atoms with Crippen LogP contribution < -0.4 is 4.74 Å². The highest BCUT2D eigenvalue weighted by Crippen LogP contribution is 2.44. The molecule has 1 aliphatic heterocycles. The largest absolute Gasteiger partial charge is 0.463 e. The fourth-order valence-corrected chi connectivity index (χ4v) is 3.30. The minimum Gasteiger partial charge on any atom is -0.463 e. The molecular weight excluding hydrogens is 332 g/mol. The number of ether oxygens (including phenoxy) is 2. The van der Waals surface area contributed by atoms with Gasteiger partial charge in [0.2, 0.25) is 5.88 Å². The summed E-state index contributed by atoms with van der Waals surface area (Å²) in [5, 5.41) is 4.33. The summed E-state index contributed by atoms with van der Waals surface area (Å²) in [5.41, 5.74) is 2.74. The highest BCUT2D eigenvalue weighted by atomic mass is 16.5. The van der Waals surface area contributed by atoms with Crippen LogP contribution in [0, 0.1) is 6.92 Å². The van der Waals surface area contributed by atoms with E-state index in [4.69, 9.17) is 9.47 Å². The molecule has 1 aromatic carbocycles. The van der Waals surface area contributed by atoms with Crippen molar-refractivity contribution in [2.45, 2.75) is 26.7 Å². The van der Waals surface area contributed by atoms with Crippen LogP contribution in [0.1, 0.15) is 36.7 Å². The Morgan fingerprint density at radius 1 is 1.27 bits per heavy atom. The SMILES string of the molecule is CCOC(=O)C1=C(C)Oc2ncn3nc(C)nc3c2[C@H]1c1ccccc1. The third-order valence-electron chi connectivity index (χ3n) is 4.33. The summed E-state index contributed by atoms with van der Waals surface area (Å²) >= 11 is 0. The smallest absolute Gasteiger partial charge is 0.338 e. The number of fused-ring (bicyclic) bond motifs is 3. The molecule has 1 aliphatic rings. The van der Waals surface area contributed by atoms with Gasteiger partial charge in [0.15, 0.2) is 5.65 Å². The maximum absolute atomic E-state index is 12.7. The lowest BCUT2D eigenvalue weighted by atomic mass is 9.83. The Morgan fingerprint density at radius 3 is 2.77 bits per heavy atom. The number of carbonyl (C=O) groups is 1. The lowest BCUT2D eigenvalue weighted by molar-refractivity contribution is -0.139. The Labute approximate surface area is 150 Å². The van der Waals surface area contributed by atoms with Crippen molar-refractivity contribution < 1.29 is 14.3 Å². The number of aromatic nitrogens is 4. The Balaban J connectivity index is 2.01. The second kappa shape index (κ2) is 6.25. The molecule has 0 saturated heterocycles. The number of esters is 1. The first kappa shape index (κ1) is 16.3. The zero-order chi connectivity index (χ0) is 18.3. The molecule has 132 valence electrons. The monoisotopic (exact) mass is 350 g/mol. The van der Waals surface area contributed by atoms with Gasteiger partial charge in [0.05, 0.1) is 23.7 Å². The Morgan fingerprint density at radius 2 is 2.04 bits per heavy atom. The standard InChI is InChI=1S/C19H18N4O3/c1-4-25-19(24)14-11(2)26-18-16(15(14)13-8-6-5-7-9-13)17-21-12(3)22-23(17)10-20-18/h5-10,15H,4H2,1-3H3/t15-/m0/s1. The van der Waals surface area contributed by atoms with E-state index >= 15 is 0 Å². The van der Waals surface area contributed by atoms with E-state index in [1.807, 2.05) is 37.3 Å². The zero-order valence-corrected chi connectivity index (χ0v) is 14.8. The topological polar surface area (TPSA) is 78.6 Å². The highest BCUT2D eigenvalue weighted by molar-refractivity contribution is 5.93. The molecule has 0 radical (unpaired) electrons. The Hall–Kier alpha value is -3.22. The molecule has 1 atom stereocenters. The number of allylic oxidation sites excluding steroid dienone is 1.